The molecule has 2 rings (SSSR count). The van der Waals surface area contributed by atoms with E-state index in [4.69, 9.17) is 10.5 Å². The molecule has 3 N–H and O–H groups in total. The van der Waals surface area contributed by atoms with Gasteiger partial charge in [0.25, 0.3) is 0 Å². The molecule has 94 valence electrons. The van der Waals surface area contributed by atoms with Crippen molar-refractivity contribution in [1.82, 2.24) is 4.90 Å². The summed E-state index contributed by atoms with van der Waals surface area (Å²) >= 11 is 0. The van der Waals surface area contributed by atoms with Gasteiger partial charge in [-0.05, 0) is 33.0 Å². The van der Waals surface area contributed by atoms with E-state index in [1.807, 2.05) is 25.1 Å². The molecule has 1 saturated heterocycles. The van der Waals surface area contributed by atoms with Crippen molar-refractivity contribution in [3.63, 3.8) is 0 Å². The zero-order valence-electron chi connectivity index (χ0n) is 10.6. The molecule has 1 aromatic rings. The van der Waals surface area contributed by atoms with Crippen LogP contribution in [0.3, 0.4) is 0 Å². The Morgan fingerprint density at radius 3 is 2.94 bits per heavy atom. The molecule has 0 bridgehead atoms. The molecule has 1 atom stereocenters. The SMILES string of the molecule is CCOc1cc(N)cc(NC2CCN(C)C2)c1. The number of nitrogens with one attached hydrogen (secondary N) is 1. The molecule has 1 fully saturated rings. The second-order valence-electron chi connectivity index (χ2n) is 4.62. The number of ether oxygens (including phenoxy) is 1. The van der Waals surface area contributed by atoms with E-state index in [0.717, 1.165) is 30.2 Å². The monoisotopic (exact) mass is 235 g/mol. The summed E-state index contributed by atoms with van der Waals surface area (Å²) in [6.07, 6.45) is 1.18. The number of nitrogen functional groups attached to an aromatic ring is 1. The first-order valence-electron chi connectivity index (χ1n) is 6.16. The Kier molecular flexibility index (Phi) is 3.74. The molecule has 0 aromatic heterocycles. The van der Waals surface area contributed by atoms with E-state index in [0.29, 0.717) is 12.6 Å². The number of benzene rings is 1. The fraction of sp³-hybridized carbons (Fsp3) is 0.538. The predicted molar refractivity (Wildman–Crippen MR) is 71.5 cm³/mol. The lowest BCUT2D eigenvalue weighted by Gasteiger charge is -2.15. The number of rotatable bonds is 4. The van der Waals surface area contributed by atoms with E-state index in [-0.39, 0.29) is 0 Å². The van der Waals surface area contributed by atoms with Crippen LogP contribution >= 0.6 is 0 Å². The van der Waals surface area contributed by atoms with Crippen molar-refractivity contribution in [3.05, 3.63) is 18.2 Å². The Morgan fingerprint density at radius 1 is 1.47 bits per heavy atom. The van der Waals surface area contributed by atoms with Gasteiger partial charge >= 0.3 is 0 Å². The molecule has 0 spiro atoms. The van der Waals surface area contributed by atoms with E-state index in [2.05, 4.69) is 17.3 Å². The quantitative estimate of drug-likeness (QED) is 0.781. The number of nitrogens with zero attached hydrogens (tertiary/aromatic N) is 1. The van der Waals surface area contributed by atoms with Gasteiger partial charge in [-0.25, -0.2) is 0 Å². The standard InChI is InChI=1S/C13H21N3O/c1-3-17-13-7-10(14)6-12(8-13)15-11-4-5-16(2)9-11/h6-8,11,15H,3-5,9,14H2,1-2H3. The number of hydrogen-bond donors (Lipinski definition) is 2. The van der Waals surface area contributed by atoms with Gasteiger partial charge in [0.1, 0.15) is 5.75 Å². The Bertz CT molecular complexity index is 381. The molecular weight excluding hydrogens is 214 g/mol. The zero-order valence-corrected chi connectivity index (χ0v) is 10.6. The van der Waals surface area contributed by atoms with Crippen molar-refractivity contribution in [3.8, 4) is 5.75 Å². The third-order valence-corrected chi connectivity index (χ3v) is 3.00. The Hall–Kier alpha value is -1.42. The highest BCUT2D eigenvalue weighted by Crippen LogP contribution is 2.24. The summed E-state index contributed by atoms with van der Waals surface area (Å²) < 4.78 is 5.48. The van der Waals surface area contributed by atoms with Crippen LogP contribution in [0.2, 0.25) is 0 Å². The molecule has 4 nitrogen and oxygen atoms in total. The maximum absolute atomic E-state index is 5.86. The molecular formula is C13H21N3O. The van der Waals surface area contributed by atoms with Gasteiger partial charge in [0.2, 0.25) is 0 Å². The van der Waals surface area contributed by atoms with Gasteiger partial charge in [0.05, 0.1) is 6.61 Å². The topological polar surface area (TPSA) is 50.5 Å². The number of anilines is 2. The average Bonchev–Trinajstić information content (AvgIpc) is 2.63. The van der Waals surface area contributed by atoms with Gasteiger partial charge in [-0.1, -0.05) is 0 Å². The van der Waals surface area contributed by atoms with E-state index < -0.39 is 0 Å². The third kappa shape index (κ3) is 3.27. The van der Waals surface area contributed by atoms with Crippen LogP contribution < -0.4 is 15.8 Å². The van der Waals surface area contributed by atoms with Crippen molar-refractivity contribution in [2.45, 2.75) is 19.4 Å². The van der Waals surface area contributed by atoms with Gasteiger partial charge in [0, 0.05) is 36.1 Å². The second-order valence-corrected chi connectivity index (χ2v) is 4.62. The lowest BCUT2D eigenvalue weighted by molar-refractivity contribution is 0.340. The fourth-order valence-corrected chi connectivity index (χ4v) is 2.24. The van der Waals surface area contributed by atoms with Gasteiger partial charge < -0.3 is 20.7 Å². The smallest absolute Gasteiger partial charge is 0.123 e. The lowest BCUT2D eigenvalue weighted by Crippen LogP contribution is -2.23. The lowest BCUT2D eigenvalue weighted by atomic mass is 10.2. The number of likely N-dealkylation sites (N-methyl/N-ethyl adjacent to an activating group) is 1. The summed E-state index contributed by atoms with van der Waals surface area (Å²) in [5.74, 6) is 0.835. The van der Waals surface area contributed by atoms with Crippen molar-refractivity contribution < 1.29 is 4.74 Å². The molecule has 0 saturated carbocycles. The molecule has 1 aliphatic rings. The number of hydrogen-bond acceptors (Lipinski definition) is 4. The van der Waals surface area contributed by atoms with Crippen molar-refractivity contribution in [2.24, 2.45) is 0 Å². The van der Waals surface area contributed by atoms with Crippen LogP contribution in [-0.2, 0) is 0 Å². The van der Waals surface area contributed by atoms with Crippen molar-refractivity contribution in [2.75, 3.05) is 37.8 Å². The van der Waals surface area contributed by atoms with Crippen LogP contribution in [-0.4, -0.2) is 37.7 Å². The Labute approximate surface area is 103 Å². The van der Waals surface area contributed by atoms with E-state index in [1.165, 1.54) is 6.42 Å². The summed E-state index contributed by atoms with van der Waals surface area (Å²) in [7, 11) is 2.15. The average molecular weight is 235 g/mol. The largest absolute Gasteiger partial charge is 0.494 e. The molecule has 0 radical (unpaired) electrons. The summed E-state index contributed by atoms with van der Waals surface area (Å²) in [4.78, 5) is 2.33. The van der Waals surface area contributed by atoms with Crippen molar-refractivity contribution >= 4 is 11.4 Å². The third-order valence-electron chi connectivity index (χ3n) is 3.00. The molecule has 1 heterocycles. The van der Waals surface area contributed by atoms with Crippen molar-refractivity contribution in [1.29, 1.82) is 0 Å². The molecule has 4 heteroatoms. The second kappa shape index (κ2) is 5.27. The van der Waals surface area contributed by atoms with E-state index >= 15 is 0 Å². The maximum Gasteiger partial charge on any atom is 0.123 e. The maximum atomic E-state index is 5.86. The molecule has 1 unspecified atom stereocenters. The van der Waals surface area contributed by atoms with Crippen LogP contribution in [0, 0.1) is 0 Å². The molecule has 17 heavy (non-hydrogen) atoms. The van der Waals surface area contributed by atoms with E-state index in [9.17, 15) is 0 Å². The summed E-state index contributed by atoms with van der Waals surface area (Å²) in [6.45, 7) is 4.87. The van der Waals surface area contributed by atoms with Gasteiger partial charge in [0.15, 0.2) is 0 Å². The molecule has 0 aliphatic carbocycles. The minimum atomic E-state index is 0.510. The highest BCUT2D eigenvalue weighted by molar-refractivity contribution is 5.59. The summed E-state index contributed by atoms with van der Waals surface area (Å²) in [5.41, 5.74) is 7.65. The molecule has 1 aliphatic heterocycles. The summed E-state index contributed by atoms with van der Waals surface area (Å²) in [6, 6.07) is 6.34. The highest BCUT2D eigenvalue weighted by Gasteiger charge is 2.19. The number of nitrogens with two attached hydrogens (primary N) is 1. The molecule has 1 aromatic carbocycles. The minimum Gasteiger partial charge on any atom is -0.494 e. The van der Waals surface area contributed by atoms with Crippen LogP contribution in [0.4, 0.5) is 11.4 Å². The number of likely N-dealkylation sites (tertiary alicyclic amines) is 1. The Balaban J connectivity index is 2.04. The molecule has 0 amide bonds. The van der Waals surface area contributed by atoms with Crippen LogP contribution in [0.5, 0.6) is 5.75 Å². The van der Waals surface area contributed by atoms with Crippen LogP contribution in [0.25, 0.3) is 0 Å². The van der Waals surface area contributed by atoms with Gasteiger partial charge in [-0.15, -0.1) is 0 Å². The first kappa shape index (κ1) is 12.0. The first-order valence-corrected chi connectivity index (χ1v) is 6.16. The van der Waals surface area contributed by atoms with Gasteiger partial charge in [-0.2, -0.15) is 0 Å². The normalized spacial score (nSPS) is 20.5. The minimum absolute atomic E-state index is 0.510. The predicted octanol–water partition coefficient (Wildman–Crippen LogP) is 1.78. The fourth-order valence-electron chi connectivity index (χ4n) is 2.24. The zero-order chi connectivity index (χ0) is 12.3. The summed E-state index contributed by atoms with van der Waals surface area (Å²) in [5, 5.41) is 3.51. The van der Waals surface area contributed by atoms with Gasteiger partial charge in [-0.3, -0.25) is 0 Å². The van der Waals surface area contributed by atoms with Crippen LogP contribution in [0.1, 0.15) is 13.3 Å². The highest BCUT2D eigenvalue weighted by atomic mass is 16.5. The first-order chi connectivity index (χ1) is 8.17. The van der Waals surface area contributed by atoms with E-state index in [1.54, 1.807) is 0 Å². The van der Waals surface area contributed by atoms with Crippen LogP contribution in [0.15, 0.2) is 18.2 Å². The Morgan fingerprint density at radius 2 is 2.29 bits per heavy atom.